The third kappa shape index (κ3) is 3.41. The van der Waals surface area contributed by atoms with E-state index in [1.165, 1.54) is 19.2 Å². The van der Waals surface area contributed by atoms with E-state index in [9.17, 15) is 18.4 Å². The molecule has 0 saturated carbocycles. The maximum atomic E-state index is 12.7. The molecule has 0 aliphatic rings. The van der Waals surface area contributed by atoms with Crippen LogP contribution in [0.4, 0.5) is 8.78 Å². The molecule has 110 valence electrons. The number of hydrogen-bond acceptors (Lipinski definition) is 4. The third-order valence-electron chi connectivity index (χ3n) is 2.55. The number of hydroxylamine groups is 1. The number of amides is 1. The highest BCUT2D eigenvalue weighted by Gasteiger charge is 2.23. The number of nitrogens with one attached hydrogen (secondary N) is 1. The zero-order valence-corrected chi connectivity index (χ0v) is 10.9. The van der Waals surface area contributed by atoms with Gasteiger partial charge in [-0.3, -0.25) is 9.48 Å². The van der Waals surface area contributed by atoms with Gasteiger partial charge in [-0.05, 0) is 12.1 Å². The number of carbonyl (C=O) groups is 2. The number of nitrogens with zero attached hydrogens (tertiary/aromatic N) is 2. The van der Waals surface area contributed by atoms with Crippen molar-refractivity contribution in [2.75, 3.05) is 0 Å². The number of benzene rings is 1. The molecular weight excluding hydrogens is 284 g/mol. The summed E-state index contributed by atoms with van der Waals surface area (Å²) in [5.74, 6) is -1.77. The third-order valence-corrected chi connectivity index (χ3v) is 2.55. The summed E-state index contributed by atoms with van der Waals surface area (Å²) < 4.78 is 26.5. The molecule has 0 spiro atoms. The van der Waals surface area contributed by atoms with E-state index >= 15 is 0 Å². The predicted octanol–water partition coefficient (Wildman–Crippen LogP) is 1.86. The van der Waals surface area contributed by atoms with Crippen LogP contribution in [0, 0.1) is 0 Å². The molecule has 0 bridgehead atoms. The lowest BCUT2D eigenvalue weighted by Crippen LogP contribution is -2.27. The molecule has 0 aliphatic heterocycles. The van der Waals surface area contributed by atoms with E-state index in [0.717, 1.165) is 10.9 Å². The van der Waals surface area contributed by atoms with Crippen molar-refractivity contribution in [1.29, 1.82) is 0 Å². The molecule has 2 aromatic rings. The van der Waals surface area contributed by atoms with Crippen molar-refractivity contribution in [2.45, 2.75) is 6.43 Å². The molecule has 0 unspecified atom stereocenters. The van der Waals surface area contributed by atoms with Crippen molar-refractivity contribution in [2.24, 2.45) is 7.05 Å². The van der Waals surface area contributed by atoms with Crippen LogP contribution in [0.2, 0.25) is 0 Å². The summed E-state index contributed by atoms with van der Waals surface area (Å²) in [6.07, 6.45) is -1.79. The van der Waals surface area contributed by atoms with Gasteiger partial charge in [0.1, 0.15) is 5.69 Å². The SMILES string of the molecule is Cn1cc(C(=O)NOC(=O)c2ccccc2)c(C(F)F)n1. The molecule has 0 atom stereocenters. The van der Waals surface area contributed by atoms with E-state index in [1.807, 2.05) is 5.48 Å². The summed E-state index contributed by atoms with van der Waals surface area (Å²) in [6, 6.07) is 7.93. The monoisotopic (exact) mass is 295 g/mol. The molecule has 0 radical (unpaired) electrons. The van der Waals surface area contributed by atoms with Gasteiger partial charge in [0.25, 0.3) is 12.3 Å². The maximum absolute atomic E-state index is 12.7. The molecule has 1 amide bonds. The molecule has 0 fully saturated rings. The Labute approximate surface area is 118 Å². The van der Waals surface area contributed by atoms with Crippen LogP contribution in [0.5, 0.6) is 0 Å². The highest BCUT2D eigenvalue weighted by molar-refractivity contribution is 5.96. The standard InChI is InChI=1S/C13H11F2N3O3/c1-18-7-9(10(16-18)11(14)15)12(19)17-21-13(20)8-5-3-2-4-6-8/h2-7,11H,1H3,(H,17,19). The molecule has 1 N–H and O–H groups in total. The minimum Gasteiger partial charge on any atom is -0.335 e. The van der Waals surface area contributed by atoms with Crippen molar-refractivity contribution < 1.29 is 23.2 Å². The Kier molecular flexibility index (Phi) is 4.27. The van der Waals surface area contributed by atoms with Crippen LogP contribution in [-0.4, -0.2) is 21.7 Å². The first-order chi connectivity index (χ1) is 9.99. The number of alkyl halides is 2. The second-order valence-corrected chi connectivity index (χ2v) is 4.09. The summed E-state index contributed by atoms with van der Waals surface area (Å²) in [5, 5.41) is 3.48. The van der Waals surface area contributed by atoms with E-state index in [-0.39, 0.29) is 11.1 Å². The highest BCUT2D eigenvalue weighted by atomic mass is 19.3. The van der Waals surface area contributed by atoms with Crippen molar-refractivity contribution in [3.8, 4) is 0 Å². The van der Waals surface area contributed by atoms with Crippen molar-refractivity contribution in [3.63, 3.8) is 0 Å². The number of carbonyl (C=O) groups excluding carboxylic acids is 2. The van der Waals surface area contributed by atoms with Crippen LogP contribution in [0.15, 0.2) is 36.5 Å². The van der Waals surface area contributed by atoms with Crippen LogP contribution in [-0.2, 0) is 11.9 Å². The Morgan fingerprint density at radius 2 is 1.95 bits per heavy atom. The fourth-order valence-electron chi connectivity index (χ4n) is 1.62. The Hall–Kier alpha value is -2.77. The van der Waals surface area contributed by atoms with Gasteiger partial charge in [-0.25, -0.2) is 13.6 Å². The van der Waals surface area contributed by atoms with E-state index in [1.54, 1.807) is 18.2 Å². The summed E-state index contributed by atoms with van der Waals surface area (Å²) in [4.78, 5) is 27.9. The Morgan fingerprint density at radius 1 is 1.29 bits per heavy atom. The Morgan fingerprint density at radius 3 is 2.57 bits per heavy atom. The Balaban J connectivity index is 2.04. The molecular formula is C13H11F2N3O3. The van der Waals surface area contributed by atoms with Crippen LogP contribution >= 0.6 is 0 Å². The molecule has 0 saturated heterocycles. The molecule has 2 rings (SSSR count). The average Bonchev–Trinajstić information content (AvgIpc) is 2.87. The van der Waals surface area contributed by atoms with Gasteiger partial charge in [0.05, 0.1) is 11.1 Å². The minimum atomic E-state index is -2.91. The lowest BCUT2D eigenvalue weighted by atomic mass is 10.2. The summed E-state index contributed by atoms with van der Waals surface area (Å²) in [7, 11) is 1.40. The molecule has 1 heterocycles. The first-order valence-corrected chi connectivity index (χ1v) is 5.87. The summed E-state index contributed by atoms with van der Waals surface area (Å²) in [5.41, 5.74) is 1.02. The summed E-state index contributed by atoms with van der Waals surface area (Å²) in [6.45, 7) is 0. The largest absolute Gasteiger partial charge is 0.362 e. The van der Waals surface area contributed by atoms with Gasteiger partial charge in [0, 0.05) is 13.2 Å². The van der Waals surface area contributed by atoms with E-state index < -0.39 is 24.0 Å². The Bertz CT molecular complexity index is 656. The molecule has 0 aliphatic carbocycles. The zero-order chi connectivity index (χ0) is 15.4. The number of aryl methyl sites for hydroxylation is 1. The highest BCUT2D eigenvalue weighted by Crippen LogP contribution is 2.20. The second kappa shape index (κ2) is 6.12. The first kappa shape index (κ1) is 14.6. The number of aromatic nitrogens is 2. The van der Waals surface area contributed by atoms with Crippen LogP contribution < -0.4 is 5.48 Å². The van der Waals surface area contributed by atoms with E-state index in [4.69, 9.17) is 0 Å². The fourth-order valence-corrected chi connectivity index (χ4v) is 1.62. The minimum absolute atomic E-state index is 0.220. The predicted molar refractivity (Wildman–Crippen MR) is 67.5 cm³/mol. The van der Waals surface area contributed by atoms with E-state index in [0.29, 0.717) is 0 Å². The van der Waals surface area contributed by atoms with Crippen molar-refractivity contribution in [1.82, 2.24) is 15.3 Å². The smallest absolute Gasteiger partial charge is 0.335 e. The normalized spacial score (nSPS) is 10.5. The van der Waals surface area contributed by atoms with E-state index in [2.05, 4.69) is 9.94 Å². The van der Waals surface area contributed by atoms with Gasteiger partial charge in [-0.1, -0.05) is 18.2 Å². The zero-order valence-electron chi connectivity index (χ0n) is 10.9. The second-order valence-electron chi connectivity index (χ2n) is 4.09. The van der Waals surface area contributed by atoms with Gasteiger partial charge in [0.15, 0.2) is 0 Å². The molecule has 1 aromatic carbocycles. The number of halogens is 2. The van der Waals surface area contributed by atoms with Gasteiger partial charge in [0.2, 0.25) is 0 Å². The van der Waals surface area contributed by atoms with Gasteiger partial charge >= 0.3 is 5.97 Å². The topological polar surface area (TPSA) is 73.2 Å². The van der Waals surface area contributed by atoms with Crippen molar-refractivity contribution >= 4 is 11.9 Å². The number of hydrogen-bond donors (Lipinski definition) is 1. The average molecular weight is 295 g/mol. The number of rotatable bonds is 3. The van der Waals surface area contributed by atoms with Crippen LogP contribution in [0.25, 0.3) is 0 Å². The summed E-state index contributed by atoms with van der Waals surface area (Å²) >= 11 is 0. The fraction of sp³-hybridized carbons (Fsp3) is 0.154. The molecule has 6 nitrogen and oxygen atoms in total. The molecule has 8 heteroatoms. The quantitative estimate of drug-likeness (QED) is 0.877. The molecule has 21 heavy (non-hydrogen) atoms. The van der Waals surface area contributed by atoms with Crippen LogP contribution in [0.3, 0.4) is 0 Å². The lowest BCUT2D eigenvalue weighted by molar-refractivity contribution is 0.0228. The lowest BCUT2D eigenvalue weighted by Gasteiger charge is -2.05. The van der Waals surface area contributed by atoms with Gasteiger partial charge < -0.3 is 4.84 Å². The van der Waals surface area contributed by atoms with Crippen molar-refractivity contribution in [3.05, 3.63) is 53.3 Å². The maximum Gasteiger partial charge on any atom is 0.362 e. The first-order valence-electron chi connectivity index (χ1n) is 5.87. The van der Waals surface area contributed by atoms with Crippen LogP contribution in [0.1, 0.15) is 32.8 Å². The molecule has 1 aromatic heterocycles. The van der Waals surface area contributed by atoms with Gasteiger partial charge in [-0.2, -0.15) is 10.6 Å². The van der Waals surface area contributed by atoms with Gasteiger partial charge in [-0.15, -0.1) is 0 Å².